The minimum atomic E-state index is -2.84. The molecule has 0 bridgehead atoms. The maximum absolute atomic E-state index is 12.6. The molecule has 2 aromatic rings. The molecule has 0 atom stereocenters. The summed E-state index contributed by atoms with van der Waals surface area (Å²) in [5.74, 6) is 0.669. The van der Waals surface area contributed by atoms with E-state index in [0.717, 1.165) is 17.7 Å². The first kappa shape index (κ1) is 20.6. The van der Waals surface area contributed by atoms with Crippen molar-refractivity contribution in [2.45, 2.75) is 19.6 Å². The van der Waals surface area contributed by atoms with Crippen molar-refractivity contribution in [3.63, 3.8) is 0 Å². The maximum Gasteiger partial charge on any atom is 0.387 e. The topological polar surface area (TPSA) is 57.2 Å². The molecule has 3 rings (SSSR count). The second kappa shape index (κ2) is 9.36. The standard InChI is InChI=1S/C21H24F2N4O2/c1-24-21(26(2)14-15-7-9-17(10-8-15)29-20(22)23)25-13-19(28)27-12-11-16-5-3-4-6-18(16)27/h3-10,20H,11-14H2,1-2H3,(H,24,25). The van der Waals surface area contributed by atoms with Crippen molar-refractivity contribution in [1.82, 2.24) is 10.2 Å². The number of benzene rings is 2. The molecule has 154 valence electrons. The van der Waals surface area contributed by atoms with Crippen molar-refractivity contribution in [3.8, 4) is 5.75 Å². The predicted molar refractivity (Wildman–Crippen MR) is 108 cm³/mol. The highest BCUT2D eigenvalue weighted by molar-refractivity contribution is 5.98. The van der Waals surface area contributed by atoms with Gasteiger partial charge in [0.05, 0.1) is 6.54 Å². The van der Waals surface area contributed by atoms with Crippen LogP contribution in [0.15, 0.2) is 53.5 Å². The second-order valence-corrected chi connectivity index (χ2v) is 6.70. The minimum Gasteiger partial charge on any atom is -0.435 e. The SMILES string of the molecule is CN=C(NCC(=O)N1CCc2ccccc21)N(C)Cc1ccc(OC(F)F)cc1. The van der Waals surface area contributed by atoms with Gasteiger partial charge in [0.2, 0.25) is 5.91 Å². The van der Waals surface area contributed by atoms with Crippen LogP contribution in [-0.4, -0.2) is 50.6 Å². The molecule has 6 nitrogen and oxygen atoms in total. The van der Waals surface area contributed by atoms with Crippen molar-refractivity contribution in [2.75, 3.05) is 32.1 Å². The lowest BCUT2D eigenvalue weighted by molar-refractivity contribution is -0.117. The fourth-order valence-electron chi connectivity index (χ4n) is 3.36. The van der Waals surface area contributed by atoms with Crippen LogP contribution < -0.4 is 15.0 Å². The first-order chi connectivity index (χ1) is 14.0. The molecule has 1 amide bonds. The number of nitrogens with one attached hydrogen (secondary N) is 1. The molecule has 8 heteroatoms. The van der Waals surface area contributed by atoms with Crippen LogP contribution in [0, 0.1) is 0 Å². The van der Waals surface area contributed by atoms with Crippen LogP contribution in [0.1, 0.15) is 11.1 Å². The maximum atomic E-state index is 12.6. The highest BCUT2D eigenvalue weighted by Crippen LogP contribution is 2.27. The van der Waals surface area contributed by atoms with Gasteiger partial charge in [-0.1, -0.05) is 30.3 Å². The number of rotatable bonds is 6. The van der Waals surface area contributed by atoms with Gasteiger partial charge in [-0.05, 0) is 35.7 Å². The van der Waals surface area contributed by atoms with Crippen molar-refractivity contribution in [3.05, 3.63) is 59.7 Å². The van der Waals surface area contributed by atoms with Crippen molar-refractivity contribution in [2.24, 2.45) is 4.99 Å². The van der Waals surface area contributed by atoms with Gasteiger partial charge in [0.1, 0.15) is 5.75 Å². The zero-order valence-corrected chi connectivity index (χ0v) is 16.4. The van der Waals surface area contributed by atoms with Crippen LogP contribution in [0.5, 0.6) is 5.75 Å². The number of para-hydroxylation sites is 1. The molecule has 0 saturated heterocycles. The highest BCUT2D eigenvalue weighted by Gasteiger charge is 2.24. The summed E-state index contributed by atoms with van der Waals surface area (Å²) < 4.78 is 28.8. The molecule has 1 N–H and O–H groups in total. The van der Waals surface area contributed by atoms with Gasteiger partial charge in [-0.15, -0.1) is 0 Å². The molecule has 0 saturated carbocycles. The number of ether oxygens (including phenoxy) is 1. The van der Waals surface area contributed by atoms with Gasteiger partial charge in [-0.3, -0.25) is 9.79 Å². The molecule has 0 radical (unpaired) electrons. The van der Waals surface area contributed by atoms with Gasteiger partial charge in [0, 0.05) is 32.9 Å². The molecule has 1 heterocycles. The normalized spacial score (nSPS) is 13.4. The Morgan fingerprint density at radius 1 is 1.24 bits per heavy atom. The Bertz CT molecular complexity index is 871. The summed E-state index contributed by atoms with van der Waals surface area (Å²) in [7, 11) is 3.49. The fourth-order valence-corrected chi connectivity index (χ4v) is 3.36. The number of carbonyl (C=O) groups excluding carboxylic acids is 1. The van der Waals surface area contributed by atoms with Crippen molar-refractivity contribution >= 4 is 17.6 Å². The summed E-state index contributed by atoms with van der Waals surface area (Å²) >= 11 is 0. The number of nitrogens with zero attached hydrogens (tertiary/aromatic N) is 3. The number of aliphatic imine (C=N–C) groups is 1. The van der Waals surface area contributed by atoms with E-state index in [2.05, 4.69) is 15.0 Å². The Kier molecular flexibility index (Phi) is 6.64. The first-order valence-electron chi connectivity index (χ1n) is 9.31. The Morgan fingerprint density at radius 2 is 1.97 bits per heavy atom. The first-order valence-corrected chi connectivity index (χ1v) is 9.31. The third-order valence-electron chi connectivity index (χ3n) is 4.73. The van der Waals surface area contributed by atoms with E-state index in [1.807, 2.05) is 36.2 Å². The average Bonchev–Trinajstić information content (AvgIpc) is 3.13. The molecule has 0 aliphatic carbocycles. The fraction of sp³-hybridized carbons (Fsp3) is 0.333. The molecular weight excluding hydrogens is 378 g/mol. The third-order valence-corrected chi connectivity index (χ3v) is 4.73. The molecule has 0 fully saturated rings. The number of carbonyl (C=O) groups is 1. The van der Waals surface area contributed by atoms with Gasteiger partial charge in [0.25, 0.3) is 0 Å². The summed E-state index contributed by atoms with van der Waals surface area (Å²) in [5.41, 5.74) is 3.05. The van der Waals surface area contributed by atoms with E-state index in [1.54, 1.807) is 24.1 Å². The number of hydrogen-bond donors (Lipinski definition) is 1. The monoisotopic (exact) mass is 402 g/mol. The summed E-state index contributed by atoms with van der Waals surface area (Å²) in [6, 6.07) is 14.3. The van der Waals surface area contributed by atoms with E-state index in [9.17, 15) is 13.6 Å². The molecule has 1 aliphatic heterocycles. The molecule has 29 heavy (non-hydrogen) atoms. The number of hydrogen-bond acceptors (Lipinski definition) is 3. The van der Waals surface area contributed by atoms with E-state index in [4.69, 9.17) is 0 Å². The van der Waals surface area contributed by atoms with Crippen molar-refractivity contribution < 1.29 is 18.3 Å². The number of alkyl halides is 2. The Hall–Kier alpha value is -3.16. The van der Waals surface area contributed by atoms with Crippen LogP contribution in [-0.2, 0) is 17.8 Å². The molecule has 0 unspecified atom stereocenters. The van der Waals surface area contributed by atoms with E-state index in [1.165, 1.54) is 17.7 Å². The zero-order chi connectivity index (χ0) is 20.8. The highest BCUT2D eigenvalue weighted by atomic mass is 19.3. The van der Waals surface area contributed by atoms with Gasteiger partial charge < -0.3 is 19.9 Å². The van der Waals surface area contributed by atoms with E-state index in [0.29, 0.717) is 19.0 Å². The average molecular weight is 402 g/mol. The zero-order valence-electron chi connectivity index (χ0n) is 16.4. The molecular formula is C21H24F2N4O2. The Morgan fingerprint density at radius 3 is 2.66 bits per heavy atom. The smallest absolute Gasteiger partial charge is 0.387 e. The summed E-state index contributed by atoms with van der Waals surface area (Å²) in [6.07, 6.45) is 0.863. The van der Waals surface area contributed by atoms with E-state index >= 15 is 0 Å². The van der Waals surface area contributed by atoms with Crippen LogP contribution in [0.25, 0.3) is 0 Å². The lowest BCUT2D eigenvalue weighted by Crippen LogP contribution is -2.44. The van der Waals surface area contributed by atoms with Crippen LogP contribution >= 0.6 is 0 Å². The van der Waals surface area contributed by atoms with Crippen LogP contribution in [0.3, 0.4) is 0 Å². The third kappa shape index (κ3) is 5.22. The van der Waals surface area contributed by atoms with E-state index in [-0.39, 0.29) is 18.2 Å². The lowest BCUT2D eigenvalue weighted by Gasteiger charge is -2.24. The number of guanidine groups is 1. The lowest BCUT2D eigenvalue weighted by atomic mass is 10.2. The quantitative estimate of drug-likeness (QED) is 0.596. The largest absolute Gasteiger partial charge is 0.435 e. The van der Waals surface area contributed by atoms with Gasteiger partial charge in [-0.25, -0.2) is 0 Å². The molecule has 0 spiro atoms. The van der Waals surface area contributed by atoms with Gasteiger partial charge in [0.15, 0.2) is 5.96 Å². The number of halogens is 2. The molecule has 0 aromatic heterocycles. The van der Waals surface area contributed by atoms with Crippen LogP contribution in [0.2, 0.25) is 0 Å². The molecule has 1 aliphatic rings. The summed E-state index contributed by atoms with van der Waals surface area (Å²) in [5, 5.41) is 3.10. The van der Waals surface area contributed by atoms with Gasteiger partial charge >= 0.3 is 6.61 Å². The van der Waals surface area contributed by atoms with Gasteiger partial charge in [-0.2, -0.15) is 8.78 Å². The van der Waals surface area contributed by atoms with E-state index < -0.39 is 6.61 Å². The number of amides is 1. The van der Waals surface area contributed by atoms with Crippen LogP contribution in [0.4, 0.5) is 14.5 Å². The minimum absolute atomic E-state index is 0.0157. The van der Waals surface area contributed by atoms with Crippen molar-refractivity contribution in [1.29, 1.82) is 0 Å². The number of anilines is 1. The Balaban J connectivity index is 1.54. The summed E-state index contributed by atoms with van der Waals surface area (Å²) in [4.78, 5) is 20.5. The summed E-state index contributed by atoms with van der Waals surface area (Å²) in [6.45, 7) is -1.53. The second-order valence-electron chi connectivity index (χ2n) is 6.70. The number of fused-ring (bicyclic) bond motifs is 1. The Labute approximate surface area is 168 Å². The molecule has 2 aromatic carbocycles. The predicted octanol–water partition coefficient (Wildman–Crippen LogP) is 2.88.